The van der Waals surface area contributed by atoms with Crippen molar-refractivity contribution in [2.45, 2.75) is 19.4 Å². The fourth-order valence-electron chi connectivity index (χ4n) is 2.88. The van der Waals surface area contributed by atoms with Crippen molar-refractivity contribution in [3.05, 3.63) is 35.4 Å². The van der Waals surface area contributed by atoms with Gasteiger partial charge in [-0.25, -0.2) is 4.72 Å². The monoisotopic (exact) mass is 295 g/mol. The van der Waals surface area contributed by atoms with Crippen molar-refractivity contribution in [1.82, 2.24) is 14.3 Å². The average molecular weight is 295 g/mol. The van der Waals surface area contributed by atoms with Crippen molar-refractivity contribution >= 4 is 10.2 Å². The van der Waals surface area contributed by atoms with Gasteiger partial charge in [-0.3, -0.25) is 0 Å². The molecule has 2 aliphatic heterocycles. The summed E-state index contributed by atoms with van der Waals surface area (Å²) >= 11 is 0. The Kier molecular flexibility index (Phi) is 4.07. The highest BCUT2D eigenvalue weighted by molar-refractivity contribution is 7.87. The fraction of sp³-hybridized carbons (Fsp3) is 0.571. The average Bonchev–Trinajstić information content (AvgIpc) is 2.98. The third kappa shape index (κ3) is 3.03. The normalized spacial score (nSPS) is 23.7. The van der Waals surface area contributed by atoms with Crippen LogP contribution in [0.25, 0.3) is 0 Å². The van der Waals surface area contributed by atoms with E-state index in [1.807, 2.05) is 18.2 Å². The van der Waals surface area contributed by atoms with E-state index in [1.54, 1.807) is 4.31 Å². The molecule has 1 aromatic rings. The van der Waals surface area contributed by atoms with Crippen molar-refractivity contribution in [2.24, 2.45) is 5.92 Å². The minimum atomic E-state index is -3.36. The van der Waals surface area contributed by atoms with Crippen molar-refractivity contribution in [3.8, 4) is 0 Å². The van der Waals surface area contributed by atoms with Crippen LogP contribution in [0.2, 0.25) is 0 Å². The van der Waals surface area contributed by atoms with Gasteiger partial charge in [-0.15, -0.1) is 0 Å². The molecule has 6 heteroatoms. The SMILES string of the molecule is O=S(=O)(NCC1CCNC1)N1CCc2ccccc2C1. The number of hydrogen-bond acceptors (Lipinski definition) is 3. The number of rotatable bonds is 4. The van der Waals surface area contributed by atoms with Crippen molar-refractivity contribution in [3.63, 3.8) is 0 Å². The molecule has 2 N–H and O–H groups in total. The lowest BCUT2D eigenvalue weighted by Gasteiger charge is -2.28. The van der Waals surface area contributed by atoms with Crippen LogP contribution in [0, 0.1) is 5.92 Å². The molecule has 20 heavy (non-hydrogen) atoms. The Hall–Kier alpha value is -0.950. The van der Waals surface area contributed by atoms with Crippen LogP contribution in [-0.4, -0.2) is 38.9 Å². The van der Waals surface area contributed by atoms with Gasteiger partial charge in [0, 0.05) is 19.6 Å². The molecular formula is C14H21N3O2S. The topological polar surface area (TPSA) is 61.4 Å². The molecule has 0 radical (unpaired) electrons. The van der Waals surface area contributed by atoms with E-state index in [0.29, 0.717) is 25.6 Å². The number of benzene rings is 1. The molecule has 1 unspecified atom stereocenters. The summed E-state index contributed by atoms with van der Waals surface area (Å²) in [6.45, 7) is 3.48. The molecular weight excluding hydrogens is 274 g/mol. The quantitative estimate of drug-likeness (QED) is 0.850. The van der Waals surface area contributed by atoms with Gasteiger partial charge in [-0.1, -0.05) is 24.3 Å². The summed E-state index contributed by atoms with van der Waals surface area (Å²) in [7, 11) is -3.36. The first-order chi connectivity index (χ1) is 9.65. The van der Waals surface area contributed by atoms with Gasteiger partial charge in [0.2, 0.25) is 0 Å². The first kappa shape index (κ1) is 14.0. The molecule has 0 aliphatic carbocycles. The van der Waals surface area contributed by atoms with Crippen LogP contribution < -0.4 is 10.0 Å². The van der Waals surface area contributed by atoms with E-state index in [2.05, 4.69) is 16.1 Å². The Labute approximate surface area is 120 Å². The summed E-state index contributed by atoms with van der Waals surface area (Å²) < 4.78 is 29.0. The van der Waals surface area contributed by atoms with Crippen LogP contribution in [0.4, 0.5) is 0 Å². The molecule has 0 spiro atoms. The van der Waals surface area contributed by atoms with Crippen LogP contribution in [0.3, 0.4) is 0 Å². The zero-order valence-corrected chi connectivity index (χ0v) is 12.3. The lowest BCUT2D eigenvalue weighted by Crippen LogP contribution is -2.44. The van der Waals surface area contributed by atoms with Crippen LogP contribution in [-0.2, 0) is 23.2 Å². The third-order valence-electron chi connectivity index (χ3n) is 4.15. The predicted octanol–water partition coefficient (Wildman–Crippen LogP) is 0.489. The second kappa shape index (κ2) is 5.81. The Balaban J connectivity index is 1.63. The summed E-state index contributed by atoms with van der Waals surface area (Å²) in [5.74, 6) is 0.418. The van der Waals surface area contributed by atoms with Crippen molar-refractivity contribution in [2.75, 3.05) is 26.2 Å². The van der Waals surface area contributed by atoms with E-state index in [0.717, 1.165) is 31.5 Å². The van der Waals surface area contributed by atoms with E-state index in [4.69, 9.17) is 0 Å². The Bertz CT molecular complexity index is 568. The number of nitrogens with one attached hydrogen (secondary N) is 2. The highest BCUT2D eigenvalue weighted by atomic mass is 32.2. The Morgan fingerprint density at radius 3 is 2.85 bits per heavy atom. The maximum absolute atomic E-state index is 12.3. The Morgan fingerprint density at radius 1 is 1.30 bits per heavy atom. The van der Waals surface area contributed by atoms with E-state index in [-0.39, 0.29) is 0 Å². The molecule has 0 bridgehead atoms. The van der Waals surface area contributed by atoms with Gasteiger partial charge in [-0.2, -0.15) is 12.7 Å². The highest BCUT2D eigenvalue weighted by Gasteiger charge is 2.27. The zero-order valence-electron chi connectivity index (χ0n) is 11.5. The smallest absolute Gasteiger partial charge is 0.279 e. The summed E-state index contributed by atoms with van der Waals surface area (Å²) in [5, 5.41) is 3.25. The largest absolute Gasteiger partial charge is 0.316 e. The van der Waals surface area contributed by atoms with Crippen LogP contribution in [0.1, 0.15) is 17.5 Å². The molecule has 5 nitrogen and oxygen atoms in total. The number of hydrogen-bond donors (Lipinski definition) is 2. The minimum Gasteiger partial charge on any atom is -0.316 e. The molecule has 110 valence electrons. The summed E-state index contributed by atoms with van der Waals surface area (Å²) in [5.41, 5.74) is 2.38. The second-order valence-corrected chi connectivity index (χ2v) is 7.32. The molecule has 1 atom stereocenters. The molecule has 2 aliphatic rings. The van der Waals surface area contributed by atoms with Gasteiger partial charge in [0.05, 0.1) is 0 Å². The van der Waals surface area contributed by atoms with Gasteiger partial charge < -0.3 is 5.32 Å². The van der Waals surface area contributed by atoms with Gasteiger partial charge in [-0.05, 0) is 43.0 Å². The summed E-state index contributed by atoms with van der Waals surface area (Å²) in [4.78, 5) is 0. The second-order valence-electron chi connectivity index (χ2n) is 5.56. The molecule has 0 saturated carbocycles. The summed E-state index contributed by atoms with van der Waals surface area (Å²) in [6, 6.07) is 8.07. The van der Waals surface area contributed by atoms with Gasteiger partial charge >= 0.3 is 0 Å². The molecule has 0 aromatic heterocycles. The summed E-state index contributed by atoms with van der Waals surface area (Å²) in [6.07, 6.45) is 1.84. The van der Waals surface area contributed by atoms with E-state index < -0.39 is 10.2 Å². The van der Waals surface area contributed by atoms with E-state index >= 15 is 0 Å². The predicted molar refractivity (Wildman–Crippen MR) is 78.5 cm³/mol. The maximum Gasteiger partial charge on any atom is 0.279 e. The molecule has 1 fully saturated rings. The van der Waals surface area contributed by atoms with Gasteiger partial charge in [0.1, 0.15) is 0 Å². The Morgan fingerprint density at radius 2 is 2.10 bits per heavy atom. The third-order valence-corrected chi connectivity index (χ3v) is 5.68. The maximum atomic E-state index is 12.3. The van der Waals surface area contributed by atoms with Crippen LogP contribution in [0.15, 0.2) is 24.3 Å². The van der Waals surface area contributed by atoms with E-state index in [9.17, 15) is 8.42 Å². The van der Waals surface area contributed by atoms with Crippen molar-refractivity contribution < 1.29 is 8.42 Å². The van der Waals surface area contributed by atoms with Crippen LogP contribution >= 0.6 is 0 Å². The van der Waals surface area contributed by atoms with Crippen LogP contribution in [0.5, 0.6) is 0 Å². The molecule has 1 saturated heterocycles. The highest BCUT2D eigenvalue weighted by Crippen LogP contribution is 2.20. The zero-order chi connectivity index (χ0) is 14.0. The standard InChI is InChI=1S/C14H21N3O2S/c18-20(19,16-10-12-5-7-15-9-12)17-8-6-13-3-1-2-4-14(13)11-17/h1-4,12,15-16H,5-11H2. The molecule has 1 aromatic carbocycles. The lowest BCUT2D eigenvalue weighted by atomic mass is 10.0. The van der Waals surface area contributed by atoms with Gasteiger partial charge in [0.25, 0.3) is 10.2 Å². The molecule has 3 rings (SSSR count). The lowest BCUT2D eigenvalue weighted by molar-refractivity contribution is 0.380. The minimum absolute atomic E-state index is 0.418. The number of nitrogens with zero attached hydrogens (tertiary/aromatic N) is 1. The van der Waals surface area contributed by atoms with Crippen molar-refractivity contribution in [1.29, 1.82) is 0 Å². The molecule has 0 amide bonds. The fourth-order valence-corrected chi connectivity index (χ4v) is 4.15. The molecule has 2 heterocycles. The first-order valence-corrected chi connectivity index (χ1v) is 8.61. The van der Waals surface area contributed by atoms with Gasteiger partial charge in [0.15, 0.2) is 0 Å². The first-order valence-electron chi connectivity index (χ1n) is 7.17. The van der Waals surface area contributed by atoms with E-state index in [1.165, 1.54) is 5.56 Å². The number of fused-ring (bicyclic) bond motifs is 1.